The molecule has 0 atom stereocenters. The molecule has 2 rings (SSSR count). The second kappa shape index (κ2) is 8.18. The smallest absolute Gasteiger partial charge is 0.309 e. The molecule has 1 amide bonds. The van der Waals surface area contributed by atoms with E-state index in [0.29, 0.717) is 49.8 Å². The Hall–Kier alpha value is -2.04. The zero-order valence-corrected chi connectivity index (χ0v) is 15.0. The molecule has 1 aromatic carbocycles. The van der Waals surface area contributed by atoms with Gasteiger partial charge in [-0.25, -0.2) is 0 Å². The van der Waals surface area contributed by atoms with E-state index in [1.807, 2.05) is 25.1 Å². The summed E-state index contributed by atoms with van der Waals surface area (Å²) in [6.45, 7) is 7.54. The van der Waals surface area contributed by atoms with Crippen LogP contribution in [0.4, 0.5) is 0 Å². The average Bonchev–Trinajstić information content (AvgIpc) is 2.60. The van der Waals surface area contributed by atoms with E-state index in [1.54, 1.807) is 12.0 Å². The quantitative estimate of drug-likeness (QED) is 0.776. The summed E-state index contributed by atoms with van der Waals surface area (Å²) in [4.78, 5) is 26.5. The molecule has 1 aliphatic rings. The molecule has 5 nitrogen and oxygen atoms in total. The number of carbonyl (C=O) groups is 2. The largest absolute Gasteiger partial charge is 0.496 e. The summed E-state index contributed by atoms with van der Waals surface area (Å²) in [5.41, 5.74) is 1.71. The average molecular weight is 333 g/mol. The van der Waals surface area contributed by atoms with Gasteiger partial charge in [0.2, 0.25) is 0 Å². The van der Waals surface area contributed by atoms with E-state index in [1.165, 1.54) is 0 Å². The fourth-order valence-corrected chi connectivity index (χ4v) is 3.00. The SMILES string of the molecule is CCOC(=O)C1CCN(C(=O)c2cc(C(C)C)ccc2OC)CC1. The number of likely N-dealkylation sites (tertiary alicyclic amines) is 1. The maximum atomic E-state index is 12.9. The first-order valence-electron chi connectivity index (χ1n) is 8.61. The van der Waals surface area contributed by atoms with Crippen LogP contribution in [0.25, 0.3) is 0 Å². The highest BCUT2D eigenvalue weighted by atomic mass is 16.5. The third kappa shape index (κ3) is 4.08. The standard InChI is InChI=1S/C19H27NO4/c1-5-24-19(22)14-8-10-20(11-9-14)18(21)16-12-15(13(2)3)6-7-17(16)23-4/h6-7,12-14H,5,8-11H2,1-4H3. The number of esters is 1. The Balaban J connectivity index is 2.10. The molecule has 0 saturated carbocycles. The molecule has 0 spiro atoms. The van der Waals surface area contributed by atoms with Gasteiger partial charge in [0.25, 0.3) is 5.91 Å². The minimum atomic E-state index is -0.149. The summed E-state index contributed by atoms with van der Waals surface area (Å²) in [5, 5.41) is 0. The van der Waals surface area contributed by atoms with E-state index in [4.69, 9.17) is 9.47 Å². The van der Waals surface area contributed by atoms with Gasteiger partial charge in [-0.05, 0) is 43.4 Å². The molecular weight excluding hydrogens is 306 g/mol. The van der Waals surface area contributed by atoms with Crippen LogP contribution in [0.1, 0.15) is 55.5 Å². The first-order chi connectivity index (χ1) is 11.5. The number of nitrogens with zero attached hydrogens (tertiary/aromatic N) is 1. The molecule has 132 valence electrons. The topological polar surface area (TPSA) is 55.8 Å². The van der Waals surface area contributed by atoms with Gasteiger partial charge in [0.05, 0.1) is 25.2 Å². The number of rotatable bonds is 5. The molecule has 1 aliphatic heterocycles. The van der Waals surface area contributed by atoms with Gasteiger partial charge in [0.1, 0.15) is 5.75 Å². The maximum absolute atomic E-state index is 12.9. The summed E-state index contributed by atoms with van der Waals surface area (Å²) in [6, 6.07) is 5.77. The molecule has 0 N–H and O–H groups in total. The monoisotopic (exact) mass is 333 g/mol. The lowest BCUT2D eigenvalue weighted by Crippen LogP contribution is -2.40. The fraction of sp³-hybridized carbons (Fsp3) is 0.579. The molecule has 0 unspecified atom stereocenters. The number of piperidine rings is 1. The third-order valence-corrected chi connectivity index (χ3v) is 4.52. The van der Waals surface area contributed by atoms with Gasteiger partial charge < -0.3 is 14.4 Å². The zero-order valence-electron chi connectivity index (χ0n) is 15.0. The minimum Gasteiger partial charge on any atom is -0.496 e. The molecular formula is C19H27NO4. The van der Waals surface area contributed by atoms with E-state index < -0.39 is 0 Å². The summed E-state index contributed by atoms with van der Waals surface area (Å²) in [5.74, 6) is 0.660. The molecule has 0 radical (unpaired) electrons. The Labute approximate surface area is 143 Å². The summed E-state index contributed by atoms with van der Waals surface area (Å²) < 4.78 is 10.4. The first-order valence-corrected chi connectivity index (χ1v) is 8.61. The molecule has 0 bridgehead atoms. The fourth-order valence-electron chi connectivity index (χ4n) is 3.00. The maximum Gasteiger partial charge on any atom is 0.309 e. The van der Waals surface area contributed by atoms with Gasteiger partial charge in [0, 0.05) is 13.1 Å². The highest BCUT2D eigenvalue weighted by Crippen LogP contribution is 2.27. The van der Waals surface area contributed by atoms with E-state index in [0.717, 1.165) is 5.56 Å². The minimum absolute atomic E-state index is 0.0309. The molecule has 1 heterocycles. The summed E-state index contributed by atoms with van der Waals surface area (Å²) >= 11 is 0. The van der Waals surface area contributed by atoms with E-state index in [-0.39, 0.29) is 17.8 Å². The van der Waals surface area contributed by atoms with Crippen LogP contribution < -0.4 is 4.74 Å². The van der Waals surface area contributed by atoms with Crippen LogP contribution >= 0.6 is 0 Å². The van der Waals surface area contributed by atoms with E-state index >= 15 is 0 Å². The van der Waals surface area contributed by atoms with Gasteiger partial charge >= 0.3 is 5.97 Å². The van der Waals surface area contributed by atoms with Crippen molar-refractivity contribution in [2.24, 2.45) is 5.92 Å². The molecule has 1 fully saturated rings. The highest BCUT2D eigenvalue weighted by Gasteiger charge is 2.29. The number of hydrogen-bond acceptors (Lipinski definition) is 4. The van der Waals surface area contributed by atoms with Crippen molar-refractivity contribution in [3.63, 3.8) is 0 Å². The van der Waals surface area contributed by atoms with Crippen LogP contribution in [-0.4, -0.2) is 43.6 Å². The van der Waals surface area contributed by atoms with Crippen LogP contribution in [0.3, 0.4) is 0 Å². The number of ether oxygens (including phenoxy) is 2. The van der Waals surface area contributed by atoms with Crippen LogP contribution in [0, 0.1) is 5.92 Å². The number of methoxy groups -OCH3 is 1. The Morgan fingerprint density at radius 3 is 2.46 bits per heavy atom. The van der Waals surface area contributed by atoms with Crippen molar-refractivity contribution >= 4 is 11.9 Å². The zero-order chi connectivity index (χ0) is 17.7. The van der Waals surface area contributed by atoms with Crippen LogP contribution in [0.2, 0.25) is 0 Å². The second-order valence-corrected chi connectivity index (χ2v) is 6.43. The van der Waals surface area contributed by atoms with Crippen LogP contribution in [0.5, 0.6) is 5.75 Å². The summed E-state index contributed by atoms with van der Waals surface area (Å²) in [6.07, 6.45) is 1.30. The lowest BCUT2D eigenvalue weighted by atomic mass is 9.95. The van der Waals surface area contributed by atoms with Crippen molar-refractivity contribution in [3.05, 3.63) is 29.3 Å². The van der Waals surface area contributed by atoms with Gasteiger partial charge in [-0.3, -0.25) is 9.59 Å². The van der Waals surface area contributed by atoms with Crippen molar-refractivity contribution in [2.45, 2.75) is 39.5 Å². The lowest BCUT2D eigenvalue weighted by molar-refractivity contribution is -0.149. The van der Waals surface area contributed by atoms with Crippen molar-refractivity contribution in [1.82, 2.24) is 4.90 Å². The number of amides is 1. The third-order valence-electron chi connectivity index (χ3n) is 4.52. The van der Waals surface area contributed by atoms with E-state index in [2.05, 4.69) is 13.8 Å². The number of hydrogen-bond donors (Lipinski definition) is 0. The number of carbonyl (C=O) groups excluding carboxylic acids is 2. The van der Waals surface area contributed by atoms with Crippen molar-refractivity contribution in [1.29, 1.82) is 0 Å². The molecule has 0 aliphatic carbocycles. The summed E-state index contributed by atoms with van der Waals surface area (Å²) in [7, 11) is 1.58. The normalized spacial score (nSPS) is 15.5. The van der Waals surface area contributed by atoms with E-state index in [9.17, 15) is 9.59 Å². The Morgan fingerprint density at radius 2 is 1.92 bits per heavy atom. The van der Waals surface area contributed by atoms with Gasteiger partial charge in [-0.1, -0.05) is 19.9 Å². The van der Waals surface area contributed by atoms with Crippen molar-refractivity contribution in [2.75, 3.05) is 26.8 Å². The van der Waals surface area contributed by atoms with Crippen LogP contribution in [-0.2, 0) is 9.53 Å². The lowest BCUT2D eigenvalue weighted by Gasteiger charge is -2.31. The van der Waals surface area contributed by atoms with Crippen molar-refractivity contribution < 1.29 is 19.1 Å². The van der Waals surface area contributed by atoms with Crippen molar-refractivity contribution in [3.8, 4) is 5.75 Å². The predicted octanol–water partition coefficient (Wildman–Crippen LogP) is 3.23. The first kappa shape index (κ1) is 18.3. The Kier molecular flexibility index (Phi) is 6.23. The van der Waals surface area contributed by atoms with Gasteiger partial charge in [-0.15, -0.1) is 0 Å². The molecule has 5 heteroatoms. The van der Waals surface area contributed by atoms with Crippen LogP contribution in [0.15, 0.2) is 18.2 Å². The Bertz CT molecular complexity index is 589. The number of benzene rings is 1. The molecule has 0 aromatic heterocycles. The molecule has 24 heavy (non-hydrogen) atoms. The predicted molar refractivity (Wildman–Crippen MR) is 92.3 cm³/mol. The Morgan fingerprint density at radius 1 is 1.25 bits per heavy atom. The van der Waals surface area contributed by atoms with Gasteiger partial charge in [-0.2, -0.15) is 0 Å². The highest BCUT2D eigenvalue weighted by molar-refractivity contribution is 5.97. The molecule has 1 aromatic rings. The van der Waals surface area contributed by atoms with Gasteiger partial charge in [0.15, 0.2) is 0 Å². The molecule has 1 saturated heterocycles. The second-order valence-electron chi connectivity index (χ2n) is 6.43.